The Hall–Kier alpha value is -5.10. The molecule has 0 atom stereocenters. The second kappa shape index (κ2) is 18.2. The highest BCUT2D eigenvalue weighted by molar-refractivity contribution is 6.07. The van der Waals surface area contributed by atoms with Gasteiger partial charge in [0.1, 0.15) is 36.2 Å². The minimum Gasteiger partial charge on any atom is -0.505 e. The van der Waals surface area contributed by atoms with Crippen LogP contribution >= 0.6 is 0 Å². The molecular formula is C40H46N2O9. The fraction of sp³-hybridized carbons (Fsp3) is 0.350. The number of aryl methyl sites for hydroxylation is 2. The third kappa shape index (κ3) is 10.5. The minimum atomic E-state index is -0.421. The van der Waals surface area contributed by atoms with Gasteiger partial charge in [-0.25, -0.2) is 0 Å². The van der Waals surface area contributed by atoms with E-state index in [4.69, 9.17) is 23.7 Å². The zero-order valence-electron chi connectivity index (χ0n) is 29.3. The summed E-state index contributed by atoms with van der Waals surface area (Å²) in [6, 6.07) is 21.0. The second-order valence-corrected chi connectivity index (χ2v) is 12.6. The predicted octanol–water partition coefficient (Wildman–Crippen LogP) is 6.46. The van der Waals surface area contributed by atoms with Crippen LogP contribution in [0.25, 0.3) is 0 Å². The van der Waals surface area contributed by atoms with Gasteiger partial charge in [0.05, 0.1) is 62.1 Å². The molecule has 0 radical (unpaired) electrons. The van der Waals surface area contributed by atoms with Crippen LogP contribution in [0.4, 0.5) is 11.4 Å². The molecular weight excluding hydrogens is 652 g/mol. The van der Waals surface area contributed by atoms with Crippen molar-refractivity contribution in [3.8, 4) is 23.0 Å². The average Bonchev–Trinajstić information content (AvgIpc) is 3.10. The van der Waals surface area contributed by atoms with Crippen LogP contribution in [0.5, 0.6) is 23.0 Å². The number of hydrogen-bond acceptors (Lipinski definition) is 9. The van der Waals surface area contributed by atoms with E-state index in [2.05, 4.69) is 10.6 Å². The molecule has 4 aromatic carbocycles. The number of benzene rings is 4. The first-order valence-corrected chi connectivity index (χ1v) is 17.1. The van der Waals surface area contributed by atoms with Crippen molar-refractivity contribution in [1.29, 1.82) is 0 Å². The molecule has 11 heteroatoms. The van der Waals surface area contributed by atoms with Crippen molar-refractivity contribution >= 4 is 23.2 Å². The lowest BCUT2D eigenvalue weighted by atomic mass is 9.91. The third-order valence-electron chi connectivity index (χ3n) is 8.28. The molecule has 0 aliphatic carbocycles. The van der Waals surface area contributed by atoms with Crippen LogP contribution in [-0.2, 0) is 27.1 Å². The number of rotatable bonds is 0. The van der Waals surface area contributed by atoms with Crippen molar-refractivity contribution in [2.75, 3.05) is 63.5 Å². The molecule has 4 bridgehead atoms. The summed E-state index contributed by atoms with van der Waals surface area (Å²) in [5, 5.41) is 28.3. The van der Waals surface area contributed by atoms with E-state index in [1.807, 2.05) is 32.9 Å². The van der Waals surface area contributed by atoms with Crippen LogP contribution in [0.1, 0.15) is 49.9 Å². The molecule has 4 N–H and O–H groups in total. The van der Waals surface area contributed by atoms with Crippen molar-refractivity contribution in [2.24, 2.45) is 5.92 Å². The Bertz CT molecular complexity index is 1680. The summed E-state index contributed by atoms with van der Waals surface area (Å²) in [5.41, 5.74) is 4.27. The van der Waals surface area contributed by atoms with E-state index < -0.39 is 11.8 Å². The lowest BCUT2D eigenvalue weighted by Gasteiger charge is -2.19. The molecule has 0 spiro atoms. The third-order valence-corrected chi connectivity index (χ3v) is 8.28. The van der Waals surface area contributed by atoms with Crippen molar-refractivity contribution < 1.29 is 43.5 Å². The Balaban J connectivity index is 1.37. The number of fused-ring (bicyclic) bond motifs is 6. The van der Waals surface area contributed by atoms with Crippen LogP contribution in [0.3, 0.4) is 0 Å². The highest BCUT2D eigenvalue weighted by Gasteiger charge is 2.20. The molecule has 0 fully saturated rings. The van der Waals surface area contributed by atoms with Gasteiger partial charge in [0, 0.05) is 0 Å². The quantitative estimate of drug-likeness (QED) is 0.152. The normalized spacial score (nSPS) is 16.3. The Morgan fingerprint density at radius 2 is 0.941 bits per heavy atom. The molecule has 51 heavy (non-hydrogen) atoms. The van der Waals surface area contributed by atoms with Crippen LogP contribution in [0.15, 0.2) is 72.8 Å². The van der Waals surface area contributed by atoms with Crippen LogP contribution in [-0.4, -0.2) is 74.9 Å². The largest absolute Gasteiger partial charge is 0.505 e. The van der Waals surface area contributed by atoms with Gasteiger partial charge in [-0.2, -0.15) is 0 Å². The smallest absolute Gasteiger partial charge is 0.259 e. The summed E-state index contributed by atoms with van der Waals surface area (Å²) in [6.45, 7) is 8.35. The maximum Gasteiger partial charge on any atom is 0.259 e. The Labute approximate surface area is 298 Å². The maximum atomic E-state index is 13.4. The van der Waals surface area contributed by atoms with Gasteiger partial charge in [0.15, 0.2) is 0 Å². The molecule has 1 aliphatic rings. The van der Waals surface area contributed by atoms with E-state index in [1.165, 1.54) is 0 Å². The number of nitrogens with one attached hydrogen (secondary N) is 2. The van der Waals surface area contributed by atoms with E-state index in [-0.39, 0.29) is 42.0 Å². The van der Waals surface area contributed by atoms with Crippen molar-refractivity contribution in [3.63, 3.8) is 0 Å². The maximum absolute atomic E-state index is 13.4. The van der Waals surface area contributed by atoms with E-state index in [0.717, 1.165) is 11.1 Å². The molecule has 2 amide bonds. The van der Waals surface area contributed by atoms with Gasteiger partial charge in [-0.05, 0) is 91.3 Å². The summed E-state index contributed by atoms with van der Waals surface area (Å²) < 4.78 is 28.6. The van der Waals surface area contributed by atoms with E-state index in [0.29, 0.717) is 86.2 Å². The van der Waals surface area contributed by atoms with Gasteiger partial charge < -0.3 is 44.5 Å². The van der Waals surface area contributed by atoms with Gasteiger partial charge in [0.25, 0.3) is 11.8 Å². The Kier molecular flexibility index (Phi) is 13.3. The van der Waals surface area contributed by atoms with Crippen molar-refractivity contribution in [3.05, 3.63) is 106 Å². The van der Waals surface area contributed by atoms with Gasteiger partial charge in [-0.15, -0.1) is 0 Å². The van der Waals surface area contributed by atoms with Crippen molar-refractivity contribution in [1.82, 2.24) is 0 Å². The molecule has 5 rings (SSSR count). The molecule has 0 unspecified atom stereocenters. The van der Waals surface area contributed by atoms with E-state index >= 15 is 0 Å². The van der Waals surface area contributed by atoms with E-state index in [1.54, 1.807) is 60.7 Å². The lowest BCUT2D eigenvalue weighted by molar-refractivity contribution is 0.00493. The zero-order chi connectivity index (χ0) is 36.2. The Morgan fingerprint density at radius 1 is 0.569 bits per heavy atom. The number of phenols is 2. The molecule has 0 saturated heterocycles. The fourth-order valence-electron chi connectivity index (χ4n) is 5.93. The standard InChI is InChI=1S/C40H46N2O9/c1-26-20-29-22-27(2)24-33(37(29)43)41-39(45)31-8-4-6-10-35(31)50-18-16-48-14-12-47-13-15-49-17-19-51-36-11-7-5-9-32(36)40(46)42-34-25-28(3)23-30(21-26)38(34)44/h4-11,22-26,43-44H,12-21H2,1-3H3,(H,41,45)(H,42,46). The molecule has 270 valence electrons. The fourth-order valence-corrected chi connectivity index (χ4v) is 5.93. The van der Waals surface area contributed by atoms with Gasteiger partial charge in [-0.3, -0.25) is 9.59 Å². The summed E-state index contributed by atoms with van der Waals surface area (Å²) in [6.07, 6.45) is 0.926. The molecule has 4 aromatic rings. The van der Waals surface area contributed by atoms with Crippen LogP contribution in [0, 0.1) is 19.8 Å². The topological polar surface area (TPSA) is 145 Å². The van der Waals surface area contributed by atoms with Crippen LogP contribution in [0.2, 0.25) is 0 Å². The number of phenolic OH excluding ortho intramolecular Hbond substituents is 2. The summed E-state index contributed by atoms with van der Waals surface area (Å²) in [4.78, 5) is 26.8. The first-order valence-electron chi connectivity index (χ1n) is 17.1. The number of anilines is 2. The minimum absolute atomic E-state index is 0.0247. The lowest BCUT2D eigenvalue weighted by Crippen LogP contribution is -2.17. The second-order valence-electron chi connectivity index (χ2n) is 12.6. The summed E-state index contributed by atoms with van der Waals surface area (Å²) >= 11 is 0. The number of carbonyl (C=O) groups excluding carboxylic acids is 2. The number of hydrogen-bond donors (Lipinski definition) is 4. The molecule has 11 nitrogen and oxygen atoms in total. The number of aromatic hydroxyl groups is 2. The van der Waals surface area contributed by atoms with Gasteiger partial charge >= 0.3 is 0 Å². The van der Waals surface area contributed by atoms with Gasteiger partial charge in [-0.1, -0.05) is 43.3 Å². The summed E-state index contributed by atoms with van der Waals surface area (Å²) in [7, 11) is 0. The van der Waals surface area contributed by atoms with Gasteiger partial charge in [0.2, 0.25) is 0 Å². The average molecular weight is 699 g/mol. The zero-order valence-corrected chi connectivity index (χ0v) is 29.3. The number of para-hydroxylation sites is 2. The first-order chi connectivity index (χ1) is 24.7. The first kappa shape index (κ1) is 37.2. The van der Waals surface area contributed by atoms with E-state index in [9.17, 15) is 19.8 Å². The Morgan fingerprint density at radius 3 is 1.35 bits per heavy atom. The SMILES string of the molecule is Cc1cc2c(O)c(c1)NC(=O)c1ccccc1OCCOCCOCCOCCOc1ccccc1C(=O)Nc1cc(C)cc(c1O)CC(C)C2. The van der Waals surface area contributed by atoms with Crippen LogP contribution < -0.4 is 20.1 Å². The van der Waals surface area contributed by atoms with Crippen molar-refractivity contribution in [2.45, 2.75) is 33.6 Å². The summed E-state index contributed by atoms with van der Waals surface area (Å²) in [5.74, 6) is -0.128. The predicted molar refractivity (Wildman–Crippen MR) is 194 cm³/mol. The number of amides is 2. The molecule has 0 saturated carbocycles. The molecule has 1 aliphatic heterocycles. The molecule has 0 aromatic heterocycles. The highest BCUT2D eigenvalue weighted by Crippen LogP contribution is 2.36. The number of carbonyl (C=O) groups is 2. The number of ether oxygens (including phenoxy) is 5. The highest BCUT2D eigenvalue weighted by atomic mass is 16.6. The monoisotopic (exact) mass is 698 g/mol. The molecule has 1 heterocycles.